The first kappa shape index (κ1) is 9.22. The van der Waals surface area contributed by atoms with E-state index in [9.17, 15) is 5.11 Å². The molecule has 0 aromatic carbocycles. The molecular weight excluding hydrogens is 164 g/mol. The summed E-state index contributed by atoms with van der Waals surface area (Å²) < 4.78 is 5.48. The molecule has 1 fully saturated rings. The maximum atomic E-state index is 10.2. The highest BCUT2D eigenvalue weighted by atomic mass is 16.5. The van der Waals surface area contributed by atoms with Gasteiger partial charge >= 0.3 is 0 Å². The average molecular weight is 182 g/mol. The number of hydrogen-bond acceptors (Lipinski definition) is 2. The monoisotopic (exact) mass is 182 g/mol. The lowest BCUT2D eigenvalue weighted by atomic mass is 9.57. The molecule has 0 aromatic rings. The first-order valence-corrected chi connectivity index (χ1v) is 4.95. The van der Waals surface area contributed by atoms with Crippen LogP contribution in [0.25, 0.3) is 0 Å². The van der Waals surface area contributed by atoms with E-state index in [0.717, 1.165) is 12.8 Å². The molecule has 1 saturated carbocycles. The Kier molecular flexibility index (Phi) is 1.83. The Bertz CT molecular complexity index is 244. The molecule has 2 nitrogen and oxygen atoms in total. The maximum absolute atomic E-state index is 10.2. The quantitative estimate of drug-likeness (QED) is 0.626. The SMILES string of the molecule is CO[C@@]12C=C[C@@H](CC1)C(C)(C)[C@@H]2O. The number of aliphatic hydroxyl groups excluding tert-OH is 1. The van der Waals surface area contributed by atoms with E-state index < -0.39 is 5.60 Å². The molecule has 0 saturated heterocycles. The van der Waals surface area contributed by atoms with Gasteiger partial charge in [-0.1, -0.05) is 26.0 Å². The van der Waals surface area contributed by atoms with Crippen LogP contribution in [0.5, 0.6) is 0 Å². The van der Waals surface area contributed by atoms with Crippen molar-refractivity contribution >= 4 is 0 Å². The summed E-state index contributed by atoms with van der Waals surface area (Å²) in [6.07, 6.45) is 5.98. The predicted molar refractivity (Wildman–Crippen MR) is 51.4 cm³/mol. The zero-order valence-electron chi connectivity index (χ0n) is 8.58. The molecule has 13 heavy (non-hydrogen) atoms. The van der Waals surface area contributed by atoms with E-state index in [0.29, 0.717) is 5.92 Å². The van der Waals surface area contributed by atoms with Crippen LogP contribution in [0.15, 0.2) is 12.2 Å². The van der Waals surface area contributed by atoms with Gasteiger partial charge in [-0.3, -0.25) is 0 Å². The summed E-state index contributed by atoms with van der Waals surface area (Å²) in [5.74, 6) is 0.513. The van der Waals surface area contributed by atoms with E-state index in [1.807, 2.05) is 0 Å². The van der Waals surface area contributed by atoms with Crippen molar-refractivity contribution in [3.63, 3.8) is 0 Å². The van der Waals surface area contributed by atoms with Crippen LogP contribution in [0.4, 0.5) is 0 Å². The average Bonchev–Trinajstić information content (AvgIpc) is 2.15. The van der Waals surface area contributed by atoms with Crippen molar-refractivity contribution in [1.82, 2.24) is 0 Å². The molecule has 0 aliphatic heterocycles. The molecule has 0 aromatic heterocycles. The fourth-order valence-corrected chi connectivity index (χ4v) is 2.80. The minimum absolute atomic E-state index is 0.0387. The number of hydrogen-bond donors (Lipinski definition) is 1. The standard InChI is InChI=1S/C11H18O2/c1-10(2)8-4-6-11(13-3,7-5-8)9(10)12/h4,6,8-9,12H,5,7H2,1-3H3/t8-,9-,11-/m0/s1. The highest BCUT2D eigenvalue weighted by molar-refractivity contribution is 5.22. The smallest absolute Gasteiger partial charge is 0.112 e. The molecule has 74 valence electrons. The molecule has 2 heteroatoms. The lowest BCUT2D eigenvalue weighted by molar-refractivity contribution is -0.166. The van der Waals surface area contributed by atoms with Crippen molar-refractivity contribution in [2.45, 2.75) is 38.4 Å². The van der Waals surface area contributed by atoms with Crippen LogP contribution in [0.1, 0.15) is 26.7 Å². The van der Waals surface area contributed by atoms with Gasteiger partial charge in [0.25, 0.3) is 0 Å². The second kappa shape index (κ2) is 2.58. The Morgan fingerprint density at radius 3 is 2.54 bits per heavy atom. The summed E-state index contributed by atoms with van der Waals surface area (Å²) in [6, 6.07) is 0. The van der Waals surface area contributed by atoms with Crippen LogP contribution >= 0.6 is 0 Å². The Hall–Kier alpha value is -0.340. The van der Waals surface area contributed by atoms with Crippen LogP contribution < -0.4 is 0 Å². The number of aliphatic hydroxyl groups is 1. The van der Waals surface area contributed by atoms with Crippen molar-refractivity contribution in [3.05, 3.63) is 12.2 Å². The van der Waals surface area contributed by atoms with Crippen molar-refractivity contribution in [3.8, 4) is 0 Å². The highest BCUT2D eigenvalue weighted by Crippen LogP contribution is 2.51. The van der Waals surface area contributed by atoms with Crippen molar-refractivity contribution in [1.29, 1.82) is 0 Å². The zero-order chi connectivity index (χ0) is 9.69. The Morgan fingerprint density at radius 2 is 2.15 bits per heavy atom. The van der Waals surface area contributed by atoms with Gasteiger partial charge in [0.15, 0.2) is 0 Å². The summed E-state index contributed by atoms with van der Waals surface area (Å²) in [5.41, 5.74) is -0.443. The Morgan fingerprint density at radius 1 is 1.46 bits per heavy atom. The van der Waals surface area contributed by atoms with Crippen LogP contribution in [0, 0.1) is 11.3 Å². The molecule has 0 amide bonds. The minimum Gasteiger partial charge on any atom is -0.389 e. The lowest BCUT2D eigenvalue weighted by Crippen LogP contribution is -2.59. The third kappa shape index (κ3) is 1.02. The summed E-state index contributed by atoms with van der Waals surface area (Å²) in [7, 11) is 1.69. The fraction of sp³-hybridized carbons (Fsp3) is 0.818. The van der Waals surface area contributed by atoms with E-state index in [-0.39, 0.29) is 11.5 Å². The van der Waals surface area contributed by atoms with Gasteiger partial charge in [0.05, 0.1) is 6.10 Å². The van der Waals surface area contributed by atoms with Gasteiger partial charge in [0.2, 0.25) is 0 Å². The van der Waals surface area contributed by atoms with Crippen LogP contribution in [-0.4, -0.2) is 23.9 Å². The Balaban J connectivity index is 2.41. The predicted octanol–water partition coefficient (Wildman–Crippen LogP) is 1.74. The van der Waals surface area contributed by atoms with Crippen LogP contribution in [-0.2, 0) is 4.74 Å². The van der Waals surface area contributed by atoms with Gasteiger partial charge in [-0.15, -0.1) is 0 Å². The first-order chi connectivity index (χ1) is 6.03. The second-order valence-corrected chi connectivity index (χ2v) is 4.89. The van der Waals surface area contributed by atoms with E-state index in [4.69, 9.17) is 4.74 Å². The first-order valence-electron chi connectivity index (χ1n) is 4.95. The molecule has 3 aliphatic carbocycles. The Labute approximate surface area is 79.6 Å². The van der Waals surface area contributed by atoms with Gasteiger partial charge in [0.1, 0.15) is 5.60 Å². The third-order valence-electron chi connectivity index (χ3n) is 3.96. The van der Waals surface area contributed by atoms with Gasteiger partial charge in [0, 0.05) is 12.5 Å². The molecular formula is C11H18O2. The molecule has 3 aliphatic rings. The number of methoxy groups -OCH3 is 1. The minimum atomic E-state index is -0.405. The van der Waals surface area contributed by atoms with Gasteiger partial charge in [-0.2, -0.15) is 0 Å². The molecule has 1 N–H and O–H groups in total. The molecule has 0 radical (unpaired) electrons. The van der Waals surface area contributed by atoms with Gasteiger partial charge < -0.3 is 9.84 Å². The molecule has 0 heterocycles. The summed E-state index contributed by atoms with van der Waals surface area (Å²) >= 11 is 0. The maximum Gasteiger partial charge on any atom is 0.112 e. The van der Waals surface area contributed by atoms with Crippen molar-refractivity contribution in [2.24, 2.45) is 11.3 Å². The molecule has 2 bridgehead atoms. The summed E-state index contributed by atoms with van der Waals surface area (Å²) in [6.45, 7) is 4.25. The zero-order valence-corrected chi connectivity index (χ0v) is 8.58. The van der Waals surface area contributed by atoms with Crippen molar-refractivity contribution < 1.29 is 9.84 Å². The topological polar surface area (TPSA) is 29.5 Å². The summed E-state index contributed by atoms with van der Waals surface area (Å²) in [5, 5.41) is 10.2. The largest absolute Gasteiger partial charge is 0.389 e. The van der Waals surface area contributed by atoms with Crippen molar-refractivity contribution in [2.75, 3.05) is 7.11 Å². The normalized spacial score (nSPS) is 46.8. The number of allylic oxidation sites excluding steroid dienone is 1. The number of rotatable bonds is 1. The molecule has 0 unspecified atom stereocenters. The van der Waals surface area contributed by atoms with E-state index in [1.165, 1.54) is 0 Å². The second-order valence-electron chi connectivity index (χ2n) is 4.89. The molecule has 3 atom stereocenters. The van der Waals surface area contributed by atoms with E-state index >= 15 is 0 Å². The van der Waals surface area contributed by atoms with Gasteiger partial charge in [-0.25, -0.2) is 0 Å². The lowest BCUT2D eigenvalue weighted by Gasteiger charge is -2.54. The van der Waals surface area contributed by atoms with Crippen LogP contribution in [0.2, 0.25) is 0 Å². The van der Waals surface area contributed by atoms with Crippen LogP contribution in [0.3, 0.4) is 0 Å². The third-order valence-corrected chi connectivity index (χ3v) is 3.96. The number of ether oxygens (including phenoxy) is 1. The number of fused-ring (bicyclic) bond motifs is 2. The van der Waals surface area contributed by atoms with E-state index in [2.05, 4.69) is 26.0 Å². The fourth-order valence-electron chi connectivity index (χ4n) is 2.80. The van der Waals surface area contributed by atoms with E-state index in [1.54, 1.807) is 7.11 Å². The summed E-state index contributed by atoms with van der Waals surface area (Å²) in [4.78, 5) is 0. The highest BCUT2D eigenvalue weighted by Gasteiger charge is 2.54. The molecule has 0 spiro atoms. The molecule has 3 rings (SSSR count). The van der Waals surface area contributed by atoms with Gasteiger partial charge in [-0.05, 0) is 18.8 Å².